The summed E-state index contributed by atoms with van der Waals surface area (Å²) in [5.74, 6) is 1.86. The Labute approximate surface area is 101 Å². The van der Waals surface area contributed by atoms with E-state index >= 15 is 0 Å². The third-order valence-electron chi connectivity index (χ3n) is 2.84. The van der Waals surface area contributed by atoms with Gasteiger partial charge in [0.25, 0.3) is 0 Å². The lowest BCUT2D eigenvalue weighted by atomic mass is 10.1. The molecule has 90 valence electrons. The molecule has 2 aromatic rings. The summed E-state index contributed by atoms with van der Waals surface area (Å²) in [7, 11) is 1.70. The average molecular weight is 231 g/mol. The van der Waals surface area contributed by atoms with Crippen LogP contribution in [0.5, 0.6) is 5.75 Å². The highest BCUT2D eigenvalue weighted by atomic mass is 16.5. The molecule has 0 bridgehead atoms. The van der Waals surface area contributed by atoms with E-state index in [1.807, 2.05) is 19.1 Å². The van der Waals surface area contributed by atoms with Crippen LogP contribution in [-0.4, -0.2) is 7.11 Å². The minimum Gasteiger partial charge on any atom is -0.496 e. The molecule has 0 saturated heterocycles. The van der Waals surface area contributed by atoms with Crippen molar-refractivity contribution in [2.45, 2.75) is 20.4 Å². The molecule has 0 unspecified atom stereocenters. The number of aryl methyl sites for hydroxylation is 1. The normalized spacial score (nSPS) is 10.3. The van der Waals surface area contributed by atoms with Crippen molar-refractivity contribution in [3.63, 3.8) is 0 Å². The molecule has 3 heteroatoms. The van der Waals surface area contributed by atoms with Gasteiger partial charge in [-0.3, -0.25) is 0 Å². The number of anilines is 1. The predicted octanol–water partition coefficient (Wildman–Crippen LogP) is 3.52. The van der Waals surface area contributed by atoms with Crippen LogP contribution in [0.1, 0.15) is 16.9 Å². The summed E-state index contributed by atoms with van der Waals surface area (Å²) in [6.07, 6.45) is 1.68. The third kappa shape index (κ3) is 2.44. The second-order valence-corrected chi connectivity index (χ2v) is 4.02. The third-order valence-corrected chi connectivity index (χ3v) is 2.84. The molecule has 1 N–H and O–H groups in total. The Morgan fingerprint density at radius 2 is 2.06 bits per heavy atom. The van der Waals surface area contributed by atoms with Crippen LogP contribution in [0, 0.1) is 13.8 Å². The highest BCUT2D eigenvalue weighted by Gasteiger charge is 2.07. The summed E-state index contributed by atoms with van der Waals surface area (Å²) in [6.45, 7) is 4.78. The first kappa shape index (κ1) is 11.6. The summed E-state index contributed by atoms with van der Waals surface area (Å²) in [6, 6.07) is 7.96. The van der Waals surface area contributed by atoms with E-state index in [4.69, 9.17) is 9.15 Å². The highest BCUT2D eigenvalue weighted by Crippen LogP contribution is 2.29. The van der Waals surface area contributed by atoms with Gasteiger partial charge in [-0.2, -0.15) is 0 Å². The van der Waals surface area contributed by atoms with Gasteiger partial charge in [0.15, 0.2) is 0 Å². The van der Waals surface area contributed by atoms with E-state index in [1.165, 1.54) is 0 Å². The van der Waals surface area contributed by atoms with E-state index in [9.17, 15) is 0 Å². The van der Waals surface area contributed by atoms with Crippen molar-refractivity contribution in [1.29, 1.82) is 0 Å². The second-order valence-electron chi connectivity index (χ2n) is 4.02. The Bertz CT molecular complexity index is 489. The first-order valence-electron chi connectivity index (χ1n) is 5.63. The van der Waals surface area contributed by atoms with Crippen LogP contribution >= 0.6 is 0 Å². The highest BCUT2D eigenvalue weighted by molar-refractivity contribution is 5.59. The molecule has 0 amide bonds. The molecule has 1 heterocycles. The lowest BCUT2D eigenvalue weighted by molar-refractivity contribution is 0.409. The van der Waals surface area contributed by atoms with Gasteiger partial charge >= 0.3 is 0 Å². The van der Waals surface area contributed by atoms with E-state index in [2.05, 4.69) is 24.4 Å². The van der Waals surface area contributed by atoms with Gasteiger partial charge in [0.05, 0.1) is 19.9 Å². The van der Waals surface area contributed by atoms with Crippen LogP contribution in [0.2, 0.25) is 0 Å². The van der Waals surface area contributed by atoms with Crippen LogP contribution in [0.25, 0.3) is 0 Å². The molecule has 1 aromatic heterocycles. The summed E-state index contributed by atoms with van der Waals surface area (Å²) < 4.78 is 10.7. The lowest BCUT2D eigenvalue weighted by Crippen LogP contribution is -2.02. The Hall–Kier alpha value is -1.90. The van der Waals surface area contributed by atoms with Crippen LogP contribution in [0.4, 0.5) is 5.69 Å². The largest absolute Gasteiger partial charge is 0.496 e. The molecule has 0 saturated carbocycles. The van der Waals surface area contributed by atoms with Crippen LogP contribution in [0.3, 0.4) is 0 Å². The second kappa shape index (κ2) is 4.95. The standard InChI is InChI=1S/C14H17NO2/c1-10-6-7-13(11(2)14(10)16-3)15-9-12-5-4-8-17-12/h4-8,15H,9H2,1-3H3. The predicted molar refractivity (Wildman–Crippen MR) is 68.5 cm³/mol. The topological polar surface area (TPSA) is 34.4 Å². The van der Waals surface area contributed by atoms with E-state index in [0.717, 1.165) is 28.3 Å². The molecular weight excluding hydrogens is 214 g/mol. The molecule has 0 fully saturated rings. The number of ether oxygens (including phenoxy) is 1. The quantitative estimate of drug-likeness (QED) is 0.874. The summed E-state index contributed by atoms with van der Waals surface area (Å²) in [4.78, 5) is 0. The van der Waals surface area contributed by atoms with Crippen LogP contribution in [-0.2, 0) is 6.54 Å². The van der Waals surface area contributed by atoms with Gasteiger partial charge < -0.3 is 14.5 Å². The first-order valence-corrected chi connectivity index (χ1v) is 5.63. The van der Waals surface area contributed by atoms with Crippen molar-refractivity contribution in [2.24, 2.45) is 0 Å². The zero-order chi connectivity index (χ0) is 12.3. The number of furan rings is 1. The number of methoxy groups -OCH3 is 1. The van der Waals surface area contributed by atoms with Crippen molar-refractivity contribution >= 4 is 5.69 Å². The minimum absolute atomic E-state index is 0.681. The number of hydrogen-bond donors (Lipinski definition) is 1. The maximum absolute atomic E-state index is 5.39. The zero-order valence-electron chi connectivity index (χ0n) is 10.4. The molecule has 2 rings (SSSR count). The minimum atomic E-state index is 0.681. The average Bonchev–Trinajstić information content (AvgIpc) is 2.82. The molecule has 17 heavy (non-hydrogen) atoms. The van der Waals surface area contributed by atoms with Gasteiger partial charge in [-0.1, -0.05) is 6.07 Å². The molecule has 3 nitrogen and oxygen atoms in total. The number of nitrogens with one attached hydrogen (secondary N) is 1. The fraction of sp³-hybridized carbons (Fsp3) is 0.286. The summed E-state index contributed by atoms with van der Waals surface area (Å²) >= 11 is 0. The van der Waals surface area contributed by atoms with Crippen molar-refractivity contribution in [1.82, 2.24) is 0 Å². The van der Waals surface area contributed by atoms with Crippen molar-refractivity contribution in [2.75, 3.05) is 12.4 Å². The van der Waals surface area contributed by atoms with Crippen molar-refractivity contribution in [3.05, 3.63) is 47.4 Å². The van der Waals surface area contributed by atoms with Crippen LogP contribution < -0.4 is 10.1 Å². The first-order chi connectivity index (χ1) is 8.22. The molecule has 0 aliphatic rings. The fourth-order valence-corrected chi connectivity index (χ4v) is 1.93. The van der Waals surface area contributed by atoms with Gasteiger partial charge in [0, 0.05) is 11.3 Å². The van der Waals surface area contributed by atoms with E-state index in [-0.39, 0.29) is 0 Å². The zero-order valence-corrected chi connectivity index (χ0v) is 10.4. The molecule has 0 aliphatic carbocycles. The van der Waals surface area contributed by atoms with E-state index in [0.29, 0.717) is 6.54 Å². The monoisotopic (exact) mass is 231 g/mol. The van der Waals surface area contributed by atoms with Crippen molar-refractivity contribution in [3.8, 4) is 5.75 Å². The SMILES string of the molecule is COc1c(C)ccc(NCc2ccco2)c1C. The lowest BCUT2D eigenvalue weighted by Gasteiger charge is -2.14. The molecule has 0 radical (unpaired) electrons. The van der Waals surface area contributed by atoms with Gasteiger partial charge in [-0.05, 0) is 37.6 Å². The van der Waals surface area contributed by atoms with Gasteiger partial charge in [0.2, 0.25) is 0 Å². The Morgan fingerprint density at radius 3 is 2.71 bits per heavy atom. The van der Waals surface area contributed by atoms with Gasteiger partial charge in [0.1, 0.15) is 11.5 Å². The van der Waals surface area contributed by atoms with E-state index < -0.39 is 0 Å². The molecule has 0 aliphatic heterocycles. The smallest absolute Gasteiger partial charge is 0.126 e. The maximum atomic E-state index is 5.39. The molecular formula is C14H17NO2. The Morgan fingerprint density at radius 1 is 1.24 bits per heavy atom. The molecule has 0 atom stereocenters. The number of rotatable bonds is 4. The number of hydrogen-bond acceptors (Lipinski definition) is 3. The summed E-state index contributed by atoms with van der Waals surface area (Å²) in [5, 5.41) is 3.34. The van der Waals surface area contributed by atoms with Gasteiger partial charge in [-0.15, -0.1) is 0 Å². The number of benzene rings is 1. The fourth-order valence-electron chi connectivity index (χ4n) is 1.93. The summed E-state index contributed by atoms with van der Waals surface area (Å²) in [5.41, 5.74) is 3.34. The maximum Gasteiger partial charge on any atom is 0.126 e. The Balaban J connectivity index is 2.16. The Kier molecular flexibility index (Phi) is 3.38. The molecule has 0 spiro atoms. The van der Waals surface area contributed by atoms with Crippen molar-refractivity contribution < 1.29 is 9.15 Å². The van der Waals surface area contributed by atoms with Gasteiger partial charge in [-0.25, -0.2) is 0 Å². The van der Waals surface area contributed by atoms with Crippen LogP contribution in [0.15, 0.2) is 34.9 Å². The van der Waals surface area contributed by atoms with E-state index in [1.54, 1.807) is 13.4 Å². The molecule has 1 aromatic carbocycles.